The van der Waals surface area contributed by atoms with Gasteiger partial charge in [0.2, 0.25) is 5.91 Å². The molecule has 0 saturated heterocycles. The van der Waals surface area contributed by atoms with Gasteiger partial charge in [0.05, 0.1) is 0 Å². The summed E-state index contributed by atoms with van der Waals surface area (Å²) in [5, 5.41) is 8.38. The van der Waals surface area contributed by atoms with Crippen molar-refractivity contribution in [2.75, 3.05) is 10.6 Å². The highest BCUT2D eigenvalue weighted by Crippen LogP contribution is 2.38. The van der Waals surface area contributed by atoms with E-state index in [9.17, 15) is 14.4 Å². The number of rotatable bonds is 11. The highest BCUT2D eigenvalue weighted by Gasteiger charge is 2.24. The summed E-state index contributed by atoms with van der Waals surface area (Å²) in [7, 11) is 0. The smallest absolute Gasteiger partial charge is 0.272 e. The third-order valence-electron chi connectivity index (χ3n) is 7.56. The van der Waals surface area contributed by atoms with Crippen LogP contribution in [0.2, 0.25) is 0 Å². The zero-order valence-corrected chi connectivity index (χ0v) is 27.4. The van der Waals surface area contributed by atoms with Crippen LogP contribution >= 0.6 is 11.8 Å². The van der Waals surface area contributed by atoms with Crippen molar-refractivity contribution in [3.05, 3.63) is 166 Å². The van der Waals surface area contributed by atoms with Gasteiger partial charge in [0.15, 0.2) is 0 Å². The van der Waals surface area contributed by atoms with E-state index >= 15 is 0 Å². The molecule has 1 unspecified atom stereocenters. The van der Waals surface area contributed by atoms with Crippen molar-refractivity contribution in [3.8, 4) is 0 Å². The molecule has 0 fully saturated rings. The predicted octanol–water partition coefficient (Wildman–Crippen LogP) is 8.75. The van der Waals surface area contributed by atoms with E-state index in [4.69, 9.17) is 0 Å². The van der Waals surface area contributed by atoms with Gasteiger partial charge in [0.25, 0.3) is 11.8 Å². The second kappa shape index (κ2) is 15.7. The third-order valence-corrected chi connectivity index (χ3v) is 8.80. The second-order valence-electron chi connectivity index (χ2n) is 11.1. The minimum absolute atomic E-state index is 0.106. The van der Waals surface area contributed by atoms with Crippen molar-refractivity contribution in [3.63, 3.8) is 0 Å². The molecule has 236 valence electrons. The molecule has 47 heavy (non-hydrogen) atoms. The van der Waals surface area contributed by atoms with Gasteiger partial charge < -0.3 is 16.0 Å². The van der Waals surface area contributed by atoms with E-state index in [1.54, 1.807) is 36.4 Å². The molecule has 0 aromatic heterocycles. The zero-order chi connectivity index (χ0) is 33.2. The van der Waals surface area contributed by atoms with E-state index in [0.29, 0.717) is 11.3 Å². The minimum atomic E-state index is -0.548. The number of amides is 3. The Morgan fingerprint density at radius 2 is 1.45 bits per heavy atom. The number of thioether (sulfide) groups is 1. The van der Waals surface area contributed by atoms with Gasteiger partial charge in [-0.05, 0) is 78.9 Å². The summed E-state index contributed by atoms with van der Waals surface area (Å²) in [6, 6.07) is 39.5. The number of aryl methyl sites for hydroxylation is 3. The molecule has 0 spiro atoms. The first kappa shape index (κ1) is 33.0. The Bertz CT molecular complexity index is 1910. The number of benzene rings is 5. The maximum Gasteiger partial charge on any atom is 0.272 e. The van der Waals surface area contributed by atoms with E-state index in [1.165, 1.54) is 11.8 Å². The van der Waals surface area contributed by atoms with Gasteiger partial charge in [-0.3, -0.25) is 14.4 Å². The lowest BCUT2D eigenvalue weighted by Gasteiger charge is -2.20. The summed E-state index contributed by atoms with van der Waals surface area (Å²) < 4.78 is 0. The largest absolute Gasteiger partial charge is 0.324 e. The van der Waals surface area contributed by atoms with Crippen molar-refractivity contribution in [1.29, 1.82) is 0 Å². The fourth-order valence-electron chi connectivity index (χ4n) is 5.14. The topological polar surface area (TPSA) is 87.3 Å². The summed E-state index contributed by atoms with van der Waals surface area (Å²) >= 11 is 1.40. The van der Waals surface area contributed by atoms with Crippen molar-refractivity contribution in [1.82, 2.24) is 5.32 Å². The Morgan fingerprint density at radius 3 is 2.17 bits per heavy atom. The number of carbonyl (C=O) groups excluding carboxylic acids is 3. The Morgan fingerprint density at radius 1 is 0.745 bits per heavy atom. The van der Waals surface area contributed by atoms with Gasteiger partial charge in [0.1, 0.15) is 10.9 Å². The SMILES string of the molecule is CCc1cccc(C)c1NC(=O)C(Sc1cccc(NC(=O)/C(=C\c2cccc(C)c2)NC(=O)c2ccccc2)c1)c1ccccc1. The van der Waals surface area contributed by atoms with Gasteiger partial charge in [-0.1, -0.05) is 110 Å². The summed E-state index contributed by atoms with van der Waals surface area (Å²) in [6.45, 7) is 6.03. The molecule has 3 amide bonds. The Balaban J connectivity index is 1.39. The fourth-order valence-corrected chi connectivity index (χ4v) is 6.23. The predicted molar refractivity (Wildman–Crippen MR) is 192 cm³/mol. The highest BCUT2D eigenvalue weighted by atomic mass is 32.2. The normalized spacial score (nSPS) is 11.8. The molecule has 0 aliphatic heterocycles. The van der Waals surface area contributed by atoms with Crippen molar-refractivity contribution >= 4 is 46.9 Å². The molecular formula is C40H37N3O3S. The van der Waals surface area contributed by atoms with Gasteiger partial charge in [-0.25, -0.2) is 0 Å². The van der Waals surface area contributed by atoms with Crippen LogP contribution in [0.25, 0.3) is 6.08 Å². The molecule has 0 aliphatic rings. The number of hydrogen-bond acceptors (Lipinski definition) is 4. The number of anilines is 2. The summed E-state index contributed by atoms with van der Waals surface area (Å²) in [6.07, 6.45) is 2.46. The molecule has 0 saturated carbocycles. The molecule has 3 N–H and O–H groups in total. The van der Waals surface area contributed by atoms with E-state index in [-0.39, 0.29) is 17.5 Å². The molecule has 0 heterocycles. The van der Waals surface area contributed by atoms with Crippen molar-refractivity contribution in [2.24, 2.45) is 0 Å². The first-order valence-corrected chi connectivity index (χ1v) is 16.4. The molecule has 5 aromatic rings. The molecular weight excluding hydrogens is 603 g/mol. The van der Waals surface area contributed by atoms with Crippen LogP contribution < -0.4 is 16.0 Å². The zero-order valence-electron chi connectivity index (χ0n) is 26.6. The van der Waals surface area contributed by atoms with Crippen LogP contribution in [0.1, 0.15) is 50.3 Å². The highest BCUT2D eigenvalue weighted by molar-refractivity contribution is 8.00. The van der Waals surface area contributed by atoms with E-state index in [1.807, 2.05) is 111 Å². The lowest BCUT2D eigenvalue weighted by atomic mass is 10.1. The fraction of sp³-hybridized carbons (Fsp3) is 0.125. The lowest BCUT2D eigenvalue weighted by Crippen LogP contribution is -2.30. The van der Waals surface area contributed by atoms with E-state index < -0.39 is 11.2 Å². The third kappa shape index (κ3) is 8.87. The van der Waals surface area contributed by atoms with E-state index in [2.05, 4.69) is 22.9 Å². The van der Waals surface area contributed by atoms with Crippen LogP contribution in [0, 0.1) is 13.8 Å². The minimum Gasteiger partial charge on any atom is -0.324 e. The maximum absolute atomic E-state index is 13.9. The lowest BCUT2D eigenvalue weighted by molar-refractivity contribution is -0.116. The van der Waals surface area contributed by atoms with Crippen LogP contribution in [-0.2, 0) is 16.0 Å². The molecule has 0 bridgehead atoms. The number of hydrogen-bond donors (Lipinski definition) is 3. The molecule has 1 atom stereocenters. The molecule has 5 aromatic carbocycles. The van der Waals surface area contributed by atoms with Gasteiger partial charge in [0, 0.05) is 21.8 Å². The van der Waals surface area contributed by atoms with E-state index in [0.717, 1.165) is 44.8 Å². The van der Waals surface area contributed by atoms with Crippen molar-refractivity contribution < 1.29 is 14.4 Å². The van der Waals surface area contributed by atoms with Gasteiger partial charge >= 0.3 is 0 Å². The molecule has 0 aliphatic carbocycles. The maximum atomic E-state index is 13.9. The van der Waals surface area contributed by atoms with Gasteiger partial charge in [-0.15, -0.1) is 11.8 Å². The molecule has 7 heteroatoms. The van der Waals surface area contributed by atoms with Gasteiger partial charge in [-0.2, -0.15) is 0 Å². The van der Waals surface area contributed by atoms with Crippen LogP contribution in [0.4, 0.5) is 11.4 Å². The number of carbonyl (C=O) groups is 3. The molecule has 5 rings (SSSR count). The molecule has 6 nitrogen and oxygen atoms in total. The standard InChI is InChI=1S/C40H37N3O3S/c1-4-30-21-12-15-28(3)36(30)43-40(46)37(31-17-7-5-8-18-31)47-34-23-13-22-33(26-34)41-39(45)35(25-29-16-11-14-27(2)24-29)42-38(44)32-19-9-6-10-20-32/h5-26,37H,4H2,1-3H3,(H,41,45)(H,42,44)(H,43,46)/b35-25+. The average Bonchev–Trinajstić information content (AvgIpc) is 3.08. The summed E-state index contributed by atoms with van der Waals surface area (Å²) in [5.74, 6) is -0.992. The quantitative estimate of drug-likeness (QED) is 0.0996. The Labute approximate surface area is 280 Å². The Kier molecular flexibility index (Phi) is 11.0. The van der Waals surface area contributed by atoms with Crippen LogP contribution in [-0.4, -0.2) is 17.7 Å². The second-order valence-corrected chi connectivity index (χ2v) is 12.3. The van der Waals surface area contributed by atoms with Crippen LogP contribution in [0.5, 0.6) is 0 Å². The first-order valence-electron chi connectivity index (χ1n) is 15.5. The summed E-state index contributed by atoms with van der Waals surface area (Å²) in [4.78, 5) is 41.4. The van der Waals surface area contributed by atoms with Crippen molar-refractivity contribution in [2.45, 2.75) is 37.3 Å². The monoisotopic (exact) mass is 639 g/mol. The average molecular weight is 640 g/mol. The van der Waals surface area contributed by atoms with Crippen LogP contribution in [0.15, 0.2) is 138 Å². The Hall–Kier alpha value is -5.40. The van der Waals surface area contributed by atoms with Crippen LogP contribution in [0.3, 0.4) is 0 Å². The number of para-hydroxylation sites is 1. The number of nitrogens with one attached hydrogen (secondary N) is 3. The summed E-state index contributed by atoms with van der Waals surface area (Å²) in [5.41, 5.74) is 6.68. The molecule has 0 radical (unpaired) electrons. The first-order chi connectivity index (χ1) is 22.8.